The molecule has 37 heavy (non-hydrogen) atoms. The fourth-order valence-corrected chi connectivity index (χ4v) is 5.50. The Morgan fingerprint density at radius 3 is 2.49 bits per heavy atom. The van der Waals surface area contributed by atoms with Crippen molar-refractivity contribution in [2.24, 2.45) is 11.0 Å². The minimum atomic E-state index is -0.293. The summed E-state index contributed by atoms with van der Waals surface area (Å²) < 4.78 is 24.6. The fraction of sp³-hybridized carbons (Fsp3) is 0.333. The number of hydrazone groups is 1. The summed E-state index contributed by atoms with van der Waals surface area (Å²) in [6.07, 6.45) is 3.80. The Morgan fingerprint density at radius 1 is 0.946 bits per heavy atom. The lowest BCUT2D eigenvalue weighted by atomic mass is 9.90. The van der Waals surface area contributed by atoms with Gasteiger partial charge >= 0.3 is 0 Å². The van der Waals surface area contributed by atoms with Gasteiger partial charge in [0.2, 0.25) is 6.79 Å². The SMILES string of the molecule is O=C(CN1CCC(Cc2ccccc2)CC1)N1N=C(c2ccc(F)cc2)CC1c1ccc2c(c1)OCO2. The molecule has 0 aliphatic carbocycles. The van der Waals surface area contributed by atoms with Crippen LogP contribution in [0.15, 0.2) is 77.9 Å². The van der Waals surface area contributed by atoms with E-state index >= 15 is 0 Å². The van der Waals surface area contributed by atoms with Crippen LogP contribution in [0.25, 0.3) is 0 Å². The van der Waals surface area contributed by atoms with Crippen LogP contribution in [0, 0.1) is 11.7 Å². The number of halogens is 1. The van der Waals surface area contributed by atoms with E-state index in [-0.39, 0.29) is 24.6 Å². The number of piperidine rings is 1. The van der Waals surface area contributed by atoms with Crippen molar-refractivity contribution in [3.05, 3.63) is 95.3 Å². The van der Waals surface area contributed by atoms with Crippen molar-refractivity contribution in [2.75, 3.05) is 26.4 Å². The van der Waals surface area contributed by atoms with E-state index in [0.717, 1.165) is 49.2 Å². The molecule has 6 rings (SSSR count). The average Bonchev–Trinajstić information content (AvgIpc) is 3.58. The summed E-state index contributed by atoms with van der Waals surface area (Å²) in [5, 5.41) is 6.37. The van der Waals surface area contributed by atoms with Crippen LogP contribution in [0.1, 0.15) is 42.0 Å². The Kier molecular flexibility index (Phi) is 6.62. The Morgan fingerprint density at radius 2 is 1.70 bits per heavy atom. The lowest BCUT2D eigenvalue weighted by Crippen LogP contribution is -2.42. The van der Waals surface area contributed by atoms with Crippen molar-refractivity contribution in [1.82, 2.24) is 9.91 Å². The van der Waals surface area contributed by atoms with Crippen LogP contribution >= 0.6 is 0 Å². The van der Waals surface area contributed by atoms with Gasteiger partial charge in [-0.05, 0) is 79.2 Å². The molecule has 1 fully saturated rings. The third kappa shape index (κ3) is 5.23. The van der Waals surface area contributed by atoms with Crippen molar-refractivity contribution < 1.29 is 18.7 Å². The van der Waals surface area contributed by atoms with Crippen molar-refractivity contribution >= 4 is 11.6 Å². The molecule has 1 atom stereocenters. The van der Waals surface area contributed by atoms with E-state index in [1.165, 1.54) is 17.7 Å². The van der Waals surface area contributed by atoms with Crippen molar-refractivity contribution in [3.63, 3.8) is 0 Å². The summed E-state index contributed by atoms with van der Waals surface area (Å²) in [7, 11) is 0. The number of hydrogen-bond donors (Lipinski definition) is 0. The molecule has 190 valence electrons. The highest BCUT2D eigenvalue weighted by atomic mass is 19.1. The van der Waals surface area contributed by atoms with E-state index in [1.54, 1.807) is 17.1 Å². The normalized spacial score (nSPS) is 19.8. The number of carbonyl (C=O) groups excluding carboxylic acids is 1. The first-order chi connectivity index (χ1) is 18.1. The number of carbonyl (C=O) groups is 1. The predicted molar refractivity (Wildman–Crippen MR) is 139 cm³/mol. The predicted octanol–water partition coefficient (Wildman–Crippen LogP) is 5.19. The second-order valence-electron chi connectivity index (χ2n) is 10.0. The quantitative estimate of drug-likeness (QED) is 0.469. The summed E-state index contributed by atoms with van der Waals surface area (Å²) in [5.74, 6) is 1.71. The monoisotopic (exact) mass is 499 g/mol. The lowest BCUT2D eigenvalue weighted by Gasteiger charge is -2.33. The molecule has 1 amide bonds. The van der Waals surface area contributed by atoms with Gasteiger partial charge in [0.05, 0.1) is 18.3 Å². The van der Waals surface area contributed by atoms with Crippen LogP contribution in [0.4, 0.5) is 4.39 Å². The Labute approximate surface area is 216 Å². The second-order valence-corrected chi connectivity index (χ2v) is 10.0. The molecule has 6 nitrogen and oxygen atoms in total. The molecular formula is C30H30FN3O3. The van der Waals surface area contributed by atoms with Gasteiger partial charge in [-0.2, -0.15) is 5.10 Å². The first kappa shape index (κ1) is 23.7. The maximum atomic E-state index is 13.6. The average molecular weight is 500 g/mol. The number of amides is 1. The maximum Gasteiger partial charge on any atom is 0.257 e. The van der Waals surface area contributed by atoms with Crippen LogP contribution in [-0.4, -0.2) is 48.0 Å². The molecule has 3 aromatic rings. The lowest BCUT2D eigenvalue weighted by molar-refractivity contribution is -0.134. The van der Waals surface area contributed by atoms with Crippen LogP contribution in [0.2, 0.25) is 0 Å². The molecule has 0 aromatic heterocycles. The van der Waals surface area contributed by atoms with Gasteiger partial charge in [0.15, 0.2) is 11.5 Å². The minimum absolute atomic E-state index is 0.0266. The topological polar surface area (TPSA) is 54.4 Å². The van der Waals surface area contributed by atoms with E-state index in [2.05, 4.69) is 35.2 Å². The first-order valence-electron chi connectivity index (χ1n) is 12.9. The van der Waals surface area contributed by atoms with E-state index in [1.807, 2.05) is 18.2 Å². The number of benzene rings is 3. The van der Waals surface area contributed by atoms with Crippen LogP contribution in [0.3, 0.4) is 0 Å². The van der Waals surface area contributed by atoms with Gasteiger partial charge in [-0.1, -0.05) is 48.5 Å². The molecule has 3 aromatic carbocycles. The highest BCUT2D eigenvalue weighted by molar-refractivity contribution is 6.03. The molecule has 0 saturated carbocycles. The largest absolute Gasteiger partial charge is 0.454 e. The van der Waals surface area contributed by atoms with Crippen molar-refractivity contribution in [3.8, 4) is 11.5 Å². The van der Waals surface area contributed by atoms with Gasteiger partial charge in [0.1, 0.15) is 5.82 Å². The molecule has 0 radical (unpaired) electrons. The summed E-state index contributed by atoms with van der Waals surface area (Å²) in [5.41, 5.74) is 3.92. The minimum Gasteiger partial charge on any atom is -0.454 e. The zero-order valence-corrected chi connectivity index (χ0v) is 20.7. The zero-order chi connectivity index (χ0) is 25.2. The van der Waals surface area contributed by atoms with E-state index in [4.69, 9.17) is 14.6 Å². The van der Waals surface area contributed by atoms with Gasteiger partial charge in [-0.3, -0.25) is 9.69 Å². The van der Waals surface area contributed by atoms with Gasteiger partial charge in [-0.25, -0.2) is 9.40 Å². The van der Waals surface area contributed by atoms with Gasteiger partial charge < -0.3 is 9.47 Å². The molecule has 0 bridgehead atoms. The standard InChI is InChI=1S/C30H30FN3O3/c31-25-9-6-23(7-10-25)26-18-27(24-8-11-28-29(17-24)37-20-36-28)34(32-26)30(35)19-33-14-12-22(13-15-33)16-21-4-2-1-3-5-21/h1-11,17,22,27H,12-16,18-20H2. The highest BCUT2D eigenvalue weighted by Crippen LogP contribution is 2.39. The Balaban J connectivity index is 1.16. The first-order valence-corrected chi connectivity index (χ1v) is 12.9. The van der Waals surface area contributed by atoms with Crippen molar-refractivity contribution in [2.45, 2.75) is 31.7 Å². The van der Waals surface area contributed by atoms with E-state index < -0.39 is 0 Å². The molecule has 3 aliphatic rings. The maximum absolute atomic E-state index is 13.6. The Hall–Kier alpha value is -3.71. The molecule has 1 saturated heterocycles. The van der Waals surface area contributed by atoms with Gasteiger partial charge in [-0.15, -0.1) is 0 Å². The number of hydrogen-bond acceptors (Lipinski definition) is 5. The van der Waals surface area contributed by atoms with E-state index in [9.17, 15) is 9.18 Å². The second kappa shape index (κ2) is 10.3. The molecule has 3 heterocycles. The molecule has 0 spiro atoms. The molecular weight excluding hydrogens is 469 g/mol. The zero-order valence-electron chi connectivity index (χ0n) is 20.7. The van der Waals surface area contributed by atoms with Crippen molar-refractivity contribution in [1.29, 1.82) is 0 Å². The third-order valence-electron chi connectivity index (χ3n) is 7.56. The smallest absolute Gasteiger partial charge is 0.257 e. The number of ether oxygens (including phenoxy) is 2. The third-order valence-corrected chi connectivity index (χ3v) is 7.56. The highest BCUT2D eigenvalue weighted by Gasteiger charge is 2.35. The summed E-state index contributed by atoms with van der Waals surface area (Å²) in [4.78, 5) is 15.8. The van der Waals surface area contributed by atoms with Gasteiger partial charge in [0, 0.05) is 6.42 Å². The number of rotatable bonds is 6. The van der Waals surface area contributed by atoms with Crippen LogP contribution in [-0.2, 0) is 11.2 Å². The fourth-order valence-electron chi connectivity index (χ4n) is 5.50. The van der Waals surface area contributed by atoms with E-state index in [0.29, 0.717) is 30.4 Å². The number of likely N-dealkylation sites (tertiary alicyclic amines) is 1. The summed E-state index contributed by atoms with van der Waals surface area (Å²) in [6, 6.07) is 22.5. The summed E-state index contributed by atoms with van der Waals surface area (Å²) in [6.45, 7) is 2.34. The molecule has 1 unspecified atom stereocenters. The van der Waals surface area contributed by atoms with Crippen LogP contribution < -0.4 is 9.47 Å². The summed E-state index contributed by atoms with van der Waals surface area (Å²) >= 11 is 0. The van der Waals surface area contributed by atoms with Gasteiger partial charge in [0.25, 0.3) is 5.91 Å². The number of fused-ring (bicyclic) bond motifs is 1. The molecule has 3 aliphatic heterocycles. The Bertz CT molecular complexity index is 1290. The molecule has 0 N–H and O–H groups in total. The molecule has 7 heteroatoms. The number of nitrogens with zero attached hydrogens (tertiary/aromatic N) is 3. The van der Waals surface area contributed by atoms with Crippen LogP contribution in [0.5, 0.6) is 11.5 Å².